The van der Waals surface area contributed by atoms with Crippen LogP contribution in [0.5, 0.6) is 0 Å². The summed E-state index contributed by atoms with van der Waals surface area (Å²) in [7, 11) is 0. The normalized spacial score (nSPS) is 15.8. The minimum atomic E-state index is -0.0829. The van der Waals surface area contributed by atoms with Crippen molar-refractivity contribution in [2.24, 2.45) is 0 Å². The standard InChI is InChI=1S/C20H21N3O2S/c24-19(18-14-22-20(26-18)15-7-2-1-3-8-15)21-13-16(17-9-6-12-25-17)23-10-4-5-11-23/h1-3,6-9,12,14,16H,4-5,10-11,13H2,(H,21,24)/t16-/m0/s1. The quantitative estimate of drug-likeness (QED) is 0.716. The van der Waals surface area contributed by atoms with Crippen LogP contribution in [0, 0.1) is 0 Å². The van der Waals surface area contributed by atoms with Crippen LogP contribution >= 0.6 is 11.3 Å². The molecule has 1 atom stereocenters. The lowest BCUT2D eigenvalue weighted by Gasteiger charge is -2.25. The summed E-state index contributed by atoms with van der Waals surface area (Å²) in [5, 5.41) is 3.92. The summed E-state index contributed by atoms with van der Waals surface area (Å²) >= 11 is 1.42. The van der Waals surface area contributed by atoms with E-state index >= 15 is 0 Å². The van der Waals surface area contributed by atoms with E-state index < -0.39 is 0 Å². The largest absolute Gasteiger partial charge is 0.468 e. The molecule has 0 bridgehead atoms. The second-order valence-corrected chi connectivity index (χ2v) is 7.41. The highest BCUT2D eigenvalue weighted by molar-refractivity contribution is 7.16. The molecule has 1 amide bonds. The molecule has 5 nitrogen and oxygen atoms in total. The number of benzene rings is 1. The summed E-state index contributed by atoms with van der Waals surface area (Å²) in [5.74, 6) is 0.821. The summed E-state index contributed by atoms with van der Waals surface area (Å²) in [5.41, 5.74) is 1.03. The number of likely N-dealkylation sites (tertiary alicyclic amines) is 1. The first-order chi connectivity index (χ1) is 12.8. The van der Waals surface area contributed by atoms with Crippen LogP contribution < -0.4 is 5.32 Å². The fourth-order valence-corrected chi connectivity index (χ4v) is 4.15. The van der Waals surface area contributed by atoms with E-state index in [9.17, 15) is 4.79 Å². The van der Waals surface area contributed by atoms with Gasteiger partial charge in [0.1, 0.15) is 15.6 Å². The van der Waals surface area contributed by atoms with E-state index in [1.165, 1.54) is 24.2 Å². The van der Waals surface area contributed by atoms with E-state index in [-0.39, 0.29) is 11.9 Å². The monoisotopic (exact) mass is 367 g/mol. The van der Waals surface area contributed by atoms with Gasteiger partial charge in [-0.25, -0.2) is 4.98 Å². The Labute approximate surface area is 156 Å². The maximum absolute atomic E-state index is 12.6. The first-order valence-electron chi connectivity index (χ1n) is 8.88. The number of nitrogens with zero attached hydrogens (tertiary/aromatic N) is 2. The molecule has 1 aromatic carbocycles. The lowest BCUT2D eigenvalue weighted by Crippen LogP contribution is -2.36. The molecule has 0 radical (unpaired) electrons. The second kappa shape index (κ2) is 7.85. The summed E-state index contributed by atoms with van der Waals surface area (Å²) in [4.78, 5) is 20.0. The minimum Gasteiger partial charge on any atom is -0.468 e. The average molecular weight is 367 g/mol. The molecule has 4 rings (SSSR count). The van der Waals surface area contributed by atoms with Crippen LogP contribution in [0.3, 0.4) is 0 Å². The molecule has 134 valence electrons. The van der Waals surface area contributed by atoms with Gasteiger partial charge in [0.2, 0.25) is 0 Å². The van der Waals surface area contributed by atoms with E-state index in [1.54, 1.807) is 12.5 Å². The van der Waals surface area contributed by atoms with Crippen molar-refractivity contribution in [1.82, 2.24) is 15.2 Å². The molecule has 6 heteroatoms. The van der Waals surface area contributed by atoms with Gasteiger partial charge in [0.05, 0.1) is 18.5 Å². The van der Waals surface area contributed by atoms with Gasteiger partial charge in [0.15, 0.2) is 0 Å². The van der Waals surface area contributed by atoms with Gasteiger partial charge in [-0.05, 0) is 38.1 Å². The molecule has 1 fully saturated rings. The average Bonchev–Trinajstić information content (AvgIpc) is 3.44. The highest BCUT2D eigenvalue weighted by Crippen LogP contribution is 2.26. The zero-order valence-electron chi connectivity index (χ0n) is 14.4. The third kappa shape index (κ3) is 3.71. The Balaban J connectivity index is 1.43. The van der Waals surface area contributed by atoms with Crippen molar-refractivity contribution in [3.63, 3.8) is 0 Å². The van der Waals surface area contributed by atoms with E-state index in [0.29, 0.717) is 11.4 Å². The zero-order valence-corrected chi connectivity index (χ0v) is 15.2. The molecule has 1 N–H and O–H groups in total. The lowest BCUT2D eigenvalue weighted by atomic mass is 10.2. The lowest BCUT2D eigenvalue weighted by molar-refractivity contribution is 0.0937. The minimum absolute atomic E-state index is 0.0814. The van der Waals surface area contributed by atoms with Crippen molar-refractivity contribution in [2.75, 3.05) is 19.6 Å². The molecule has 1 aliphatic heterocycles. The number of nitrogens with one attached hydrogen (secondary N) is 1. The number of furan rings is 1. The van der Waals surface area contributed by atoms with Crippen LogP contribution in [0.25, 0.3) is 10.6 Å². The van der Waals surface area contributed by atoms with Crippen LogP contribution in [0.4, 0.5) is 0 Å². The number of hydrogen-bond acceptors (Lipinski definition) is 5. The van der Waals surface area contributed by atoms with Crippen LogP contribution in [-0.4, -0.2) is 35.4 Å². The Morgan fingerprint density at radius 3 is 2.73 bits per heavy atom. The highest BCUT2D eigenvalue weighted by atomic mass is 32.1. The SMILES string of the molecule is O=C(NC[C@@H](c1ccco1)N1CCCC1)c1cnc(-c2ccccc2)s1. The Kier molecular flexibility index (Phi) is 5.13. The van der Waals surface area contributed by atoms with Crippen LogP contribution in [0.2, 0.25) is 0 Å². The Bertz CT molecular complexity index is 839. The summed E-state index contributed by atoms with van der Waals surface area (Å²) in [6.07, 6.45) is 5.73. The van der Waals surface area contributed by atoms with E-state index in [4.69, 9.17) is 4.42 Å². The van der Waals surface area contributed by atoms with Gasteiger partial charge in [-0.2, -0.15) is 0 Å². The molecular formula is C20H21N3O2S. The number of aromatic nitrogens is 1. The number of thiazole rings is 1. The molecule has 2 aromatic heterocycles. The molecule has 0 saturated carbocycles. The van der Waals surface area contributed by atoms with Gasteiger partial charge in [-0.1, -0.05) is 30.3 Å². The Hall–Kier alpha value is -2.44. The predicted octanol–water partition coefficient (Wildman–Crippen LogP) is 3.97. The van der Waals surface area contributed by atoms with Crippen molar-refractivity contribution in [3.05, 3.63) is 65.6 Å². The third-order valence-electron chi connectivity index (χ3n) is 4.66. The van der Waals surface area contributed by atoms with Gasteiger partial charge in [-0.3, -0.25) is 9.69 Å². The first kappa shape index (κ1) is 17.0. The van der Waals surface area contributed by atoms with Crippen LogP contribution in [0.1, 0.15) is 34.3 Å². The Morgan fingerprint density at radius 2 is 2.00 bits per heavy atom. The number of hydrogen-bond donors (Lipinski definition) is 1. The van der Waals surface area contributed by atoms with E-state index in [0.717, 1.165) is 29.4 Å². The molecule has 1 saturated heterocycles. The first-order valence-corrected chi connectivity index (χ1v) is 9.70. The van der Waals surface area contributed by atoms with Gasteiger partial charge >= 0.3 is 0 Å². The van der Waals surface area contributed by atoms with Gasteiger partial charge in [0, 0.05) is 12.1 Å². The van der Waals surface area contributed by atoms with Crippen molar-refractivity contribution in [1.29, 1.82) is 0 Å². The summed E-state index contributed by atoms with van der Waals surface area (Å²) < 4.78 is 5.61. The maximum atomic E-state index is 12.6. The van der Waals surface area contributed by atoms with E-state index in [2.05, 4.69) is 15.2 Å². The zero-order chi connectivity index (χ0) is 17.8. The third-order valence-corrected chi connectivity index (χ3v) is 5.70. The topological polar surface area (TPSA) is 58.4 Å². The molecule has 3 aromatic rings. The number of carbonyl (C=O) groups excluding carboxylic acids is 1. The molecular weight excluding hydrogens is 346 g/mol. The van der Waals surface area contributed by atoms with E-state index in [1.807, 2.05) is 42.5 Å². The van der Waals surface area contributed by atoms with Gasteiger partial charge in [-0.15, -0.1) is 11.3 Å². The molecule has 3 heterocycles. The maximum Gasteiger partial charge on any atom is 0.263 e. The number of amides is 1. The fourth-order valence-electron chi connectivity index (χ4n) is 3.31. The van der Waals surface area contributed by atoms with Gasteiger partial charge < -0.3 is 9.73 Å². The van der Waals surface area contributed by atoms with Crippen molar-refractivity contribution >= 4 is 17.2 Å². The fraction of sp³-hybridized carbons (Fsp3) is 0.300. The number of rotatable bonds is 6. The molecule has 0 spiro atoms. The van der Waals surface area contributed by atoms with Crippen molar-refractivity contribution < 1.29 is 9.21 Å². The Morgan fingerprint density at radius 1 is 1.19 bits per heavy atom. The van der Waals surface area contributed by atoms with Crippen molar-refractivity contribution in [3.8, 4) is 10.6 Å². The predicted molar refractivity (Wildman–Crippen MR) is 102 cm³/mol. The number of carbonyl (C=O) groups is 1. The van der Waals surface area contributed by atoms with Crippen molar-refractivity contribution in [2.45, 2.75) is 18.9 Å². The summed E-state index contributed by atoms with van der Waals surface area (Å²) in [6.45, 7) is 2.62. The van der Waals surface area contributed by atoms with Gasteiger partial charge in [0.25, 0.3) is 5.91 Å². The van der Waals surface area contributed by atoms with Crippen LogP contribution in [-0.2, 0) is 0 Å². The van der Waals surface area contributed by atoms with Crippen LogP contribution in [0.15, 0.2) is 59.3 Å². The highest BCUT2D eigenvalue weighted by Gasteiger charge is 2.26. The molecule has 0 aliphatic carbocycles. The molecule has 1 aliphatic rings. The molecule has 26 heavy (non-hydrogen) atoms. The smallest absolute Gasteiger partial charge is 0.263 e. The summed E-state index contributed by atoms with van der Waals surface area (Å²) in [6, 6.07) is 13.9. The second-order valence-electron chi connectivity index (χ2n) is 6.38. The molecule has 0 unspecified atom stereocenters.